The summed E-state index contributed by atoms with van der Waals surface area (Å²) in [5, 5.41) is 0. The predicted octanol–water partition coefficient (Wildman–Crippen LogP) is 6.01. The molecule has 2 unspecified atom stereocenters. The zero-order valence-corrected chi connectivity index (χ0v) is 21.6. The van der Waals surface area contributed by atoms with Gasteiger partial charge in [-0.25, -0.2) is 0 Å². The van der Waals surface area contributed by atoms with Gasteiger partial charge in [0.1, 0.15) is 11.2 Å². The number of alkyl halides is 3. The van der Waals surface area contributed by atoms with E-state index in [4.69, 9.17) is 5.73 Å². The largest absolute Gasteiger partial charge is 0.573 e. The van der Waals surface area contributed by atoms with Gasteiger partial charge in [0, 0.05) is 29.4 Å². The number of carbonyl (C=O) groups excluding carboxylic acids is 1. The Morgan fingerprint density at radius 2 is 1.62 bits per heavy atom. The van der Waals surface area contributed by atoms with E-state index in [1.54, 1.807) is 12.1 Å². The van der Waals surface area contributed by atoms with Crippen LogP contribution in [0.25, 0.3) is 0 Å². The molecule has 0 aliphatic carbocycles. The molecule has 196 valence electrons. The van der Waals surface area contributed by atoms with Crippen molar-refractivity contribution in [3.05, 3.63) is 96.1 Å². The van der Waals surface area contributed by atoms with E-state index < -0.39 is 11.8 Å². The van der Waals surface area contributed by atoms with Gasteiger partial charge in [0.05, 0.1) is 26.7 Å². The molecule has 3 aromatic rings. The molecule has 1 heterocycles. The van der Waals surface area contributed by atoms with Crippen molar-refractivity contribution < 1.29 is 27.2 Å². The fourth-order valence-corrected chi connectivity index (χ4v) is 6.55. The van der Waals surface area contributed by atoms with Crippen LogP contribution in [0.15, 0.2) is 89.8 Å². The molecule has 1 amide bonds. The van der Waals surface area contributed by atoms with Crippen LogP contribution < -0.4 is 10.5 Å². The van der Waals surface area contributed by atoms with E-state index in [1.807, 2.05) is 60.7 Å². The molecule has 8 heteroatoms. The van der Waals surface area contributed by atoms with Crippen LogP contribution in [0.3, 0.4) is 0 Å². The number of nitrogens with two attached hydrogens (primary N) is 1. The number of primary amides is 1. The van der Waals surface area contributed by atoms with Crippen molar-refractivity contribution in [3.63, 3.8) is 0 Å². The quantitative estimate of drug-likeness (QED) is 0.199. The summed E-state index contributed by atoms with van der Waals surface area (Å²) < 4.78 is 42.4. The summed E-state index contributed by atoms with van der Waals surface area (Å²) in [6.45, 7) is 2.64. The Bertz CT molecular complexity index is 1150. The van der Waals surface area contributed by atoms with Crippen molar-refractivity contribution in [2.75, 3.05) is 32.4 Å². The van der Waals surface area contributed by atoms with Crippen LogP contribution in [0.2, 0.25) is 0 Å². The zero-order chi connectivity index (χ0) is 26.5. The van der Waals surface area contributed by atoms with Crippen molar-refractivity contribution in [2.24, 2.45) is 11.7 Å². The Balaban J connectivity index is 1.45. The number of hydrogen-bond acceptors (Lipinski definition) is 3. The second-order valence-corrected chi connectivity index (χ2v) is 11.0. The van der Waals surface area contributed by atoms with Gasteiger partial charge < -0.3 is 15.0 Å². The fraction of sp³-hybridized carbons (Fsp3) is 0.345. The SMILES string of the molecule is C[N+]1(CCCSc2cccc(OC(F)(F)F)c2)CCC(C(C(N)=O)(c2ccccc2)c2ccccc2)C1. The Labute approximate surface area is 220 Å². The maximum Gasteiger partial charge on any atom is 0.573 e. The van der Waals surface area contributed by atoms with Gasteiger partial charge in [0.2, 0.25) is 5.91 Å². The van der Waals surface area contributed by atoms with Gasteiger partial charge in [-0.3, -0.25) is 4.79 Å². The maximum absolute atomic E-state index is 13.3. The summed E-state index contributed by atoms with van der Waals surface area (Å²) >= 11 is 1.52. The van der Waals surface area contributed by atoms with Crippen LogP contribution in [-0.4, -0.2) is 49.2 Å². The molecule has 37 heavy (non-hydrogen) atoms. The van der Waals surface area contributed by atoms with Crippen LogP contribution in [0.1, 0.15) is 24.0 Å². The summed E-state index contributed by atoms with van der Waals surface area (Å²) in [5.41, 5.74) is 7.14. The number of hydrogen-bond donors (Lipinski definition) is 1. The van der Waals surface area contributed by atoms with E-state index in [9.17, 15) is 18.0 Å². The summed E-state index contributed by atoms with van der Waals surface area (Å²) in [6.07, 6.45) is -2.94. The van der Waals surface area contributed by atoms with Gasteiger partial charge >= 0.3 is 6.36 Å². The van der Waals surface area contributed by atoms with Gasteiger partial charge in [-0.15, -0.1) is 24.9 Å². The van der Waals surface area contributed by atoms with Gasteiger partial charge in [-0.1, -0.05) is 66.7 Å². The first-order chi connectivity index (χ1) is 17.6. The molecule has 4 rings (SSSR count). The van der Waals surface area contributed by atoms with E-state index in [1.165, 1.54) is 23.9 Å². The van der Waals surface area contributed by atoms with Crippen molar-refractivity contribution in [3.8, 4) is 5.75 Å². The van der Waals surface area contributed by atoms with Gasteiger partial charge in [0.25, 0.3) is 0 Å². The fourth-order valence-electron chi connectivity index (χ4n) is 5.66. The van der Waals surface area contributed by atoms with Crippen LogP contribution in [-0.2, 0) is 10.2 Å². The highest BCUT2D eigenvalue weighted by atomic mass is 32.2. The molecule has 2 N–H and O–H groups in total. The topological polar surface area (TPSA) is 52.3 Å². The predicted molar refractivity (Wildman–Crippen MR) is 140 cm³/mol. The Kier molecular flexibility index (Phi) is 8.19. The van der Waals surface area contributed by atoms with Gasteiger partial charge in [-0.05, 0) is 29.3 Å². The molecule has 1 aliphatic rings. The number of likely N-dealkylation sites (tertiary alicyclic amines) is 1. The monoisotopic (exact) mass is 529 g/mol. The second-order valence-electron chi connectivity index (χ2n) is 9.86. The number of nitrogens with zero attached hydrogens (tertiary/aromatic N) is 1. The number of quaternary nitrogens is 1. The van der Waals surface area contributed by atoms with E-state index in [0.717, 1.165) is 58.7 Å². The molecular formula is C29H32F3N2O2S+. The molecule has 1 saturated heterocycles. The molecule has 3 aromatic carbocycles. The lowest BCUT2D eigenvalue weighted by molar-refractivity contribution is -0.899. The first kappa shape index (κ1) is 27.1. The average Bonchev–Trinajstić information content (AvgIpc) is 3.25. The first-order valence-corrected chi connectivity index (χ1v) is 13.3. The molecular weight excluding hydrogens is 497 g/mol. The number of benzene rings is 3. The summed E-state index contributed by atoms with van der Waals surface area (Å²) in [4.78, 5) is 14.0. The van der Waals surface area contributed by atoms with E-state index in [0.29, 0.717) is 0 Å². The Morgan fingerprint density at radius 1 is 1.00 bits per heavy atom. The van der Waals surface area contributed by atoms with Crippen LogP contribution in [0.4, 0.5) is 13.2 Å². The lowest BCUT2D eigenvalue weighted by Gasteiger charge is -2.38. The summed E-state index contributed by atoms with van der Waals surface area (Å²) in [6, 6.07) is 25.7. The Hall–Kier alpha value is -2.97. The number of thioether (sulfide) groups is 1. The van der Waals surface area contributed by atoms with Crippen molar-refractivity contribution in [1.29, 1.82) is 0 Å². The highest BCUT2D eigenvalue weighted by Gasteiger charge is 2.53. The number of rotatable bonds is 10. The molecule has 0 radical (unpaired) electrons. The van der Waals surface area contributed by atoms with E-state index in [-0.39, 0.29) is 17.6 Å². The van der Waals surface area contributed by atoms with Crippen molar-refractivity contribution in [2.45, 2.75) is 29.5 Å². The molecule has 0 bridgehead atoms. The minimum absolute atomic E-state index is 0.0450. The average molecular weight is 530 g/mol. The lowest BCUT2D eigenvalue weighted by atomic mass is 9.64. The summed E-state index contributed by atoms with van der Waals surface area (Å²) in [7, 11) is 2.21. The highest BCUT2D eigenvalue weighted by molar-refractivity contribution is 7.99. The number of halogens is 3. The minimum Gasteiger partial charge on any atom is -0.406 e. The third kappa shape index (κ3) is 6.30. The van der Waals surface area contributed by atoms with Crippen molar-refractivity contribution >= 4 is 17.7 Å². The third-order valence-electron chi connectivity index (χ3n) is 7.29. The van der Waals surface area contributed by atoms with Crippen LogP contribution in [0.5, 0.6) is 5.75 Å². The molecule has 0 saturated carbocycles. The second kappa shape index (κ2) is 11.2. The van der Waals surface area contributed by atoms with E-state index >= 15 is 0 Å². The molecule has 4 nitrogen and oxygen atoms in total. The smallest absolute Gasteiger partial charge is 0.406 e. The molecule has 1 aliphatic heterocycles. The third-order valence-corrected chi connectivity index (χ3v) is 8.37. The molecule has 1 fully saturated rings. The van der Waals surface area contributed by atoms with Gasteiger partial charge in [-0.2, -0.15) is 0 Å². The maximum atomic E-state index is 13.3. The van der Waals surface area contributed by atoms with Gasteiger partial charge in [0.15, 0.2) is 0 Å². The number of amides is 1. The molecule has 2 atom stereocenters. The molecule has 0 aromatic heterocycles. The number of ether oxygens (including phenoxy) is 1. The zero-order valence-electron chi connectivity index (χ0n) is 20.8. The summed E-state index contributed by atoms with van der Waals surface area (Å²) in [5.74, 6) is 0.277. The standard InChI is InChI=1S/C29H31F3N2O2S/c1-34(17-9-19-37-26-15-8-14-25(20-26)36-29(30,31)32)18-16-24(21-34)28(27(33)35,22-10-4-2-5-11-22)23-12-6-3-7-13-23/h2-8,10-15,20,24H,9,16-19,21H2,1H3,(H-,33,35)/p+1. The molecule has 0 spiro atoms. The first-order valence-electron chi connectivity index (χ1n) is 12.4. The van der Waals surface area contributed by atoms with Crippen molar-refractivity contribution in [1.82, 2.24) is 0 Å². The van der Waals surface area contributed by atoms with E-state index in [2.05, 4.69) is 11.8 Å². The lowest BCUT2D eigenvalue weighted by Crippen LogP contribution is -2.51. The minimum atomic E-state index is -4.70. The number of carbonyl (C=O) groups is 1. The normalized spacial score (nSPS) is 20.1. The van der Waals surface area contributed by atoms with Crippen LogP contribution >= 0.6 is 11.8 Å². The Morgan fingerprint density at radius 3 is 2.19 bits per heavy atom. The highest BCUT2D eigenvalue weighted by Crippen LogP contribution is 2.45. The van der Waals surface area contributed by atoms with Crippen LogP contribution in [0, 0.1) is 5.92 Å².